The Bertz CT molecular complexity index is 1010. The molecule has 0 unspecified atom stereocenters. The number of benzene rings is 3. The van der Waals surface area contributed by atoms with Gasteiger partial charge in [-0.25, -0.2) is 0 Å². The third-order valence-corrected chi connectivity index (χ3v) is 5.00. The molecule has 146 valence electrons. The highest BCUT2D eigenvalue weighted by molar-refractivity contribution is 5.99. The molecule has 5 heteroatoms. The molecule has 1 aliphatic heterocycles. The first-order chi connectivity index (χ1) is 14.1. The second kappa shape index (κ2) is 8.19. The van der Waals surface area contributed by atoms with E-state index in [2.05, 4.69) is 0 Å². The molecular formula is C24H21NO4. The summed E-state index contributed by atoms with van der Waals surface area (Å²) in [5.41, 5.74) is 2.86. The van der Waals surface area contributed by atoms with Crippen molar-refractivity contribution in [2.45, 2.75) is 6.42 Å². The second-order valence-corrected chi connectivity index (χ2v) is 6.92. The van der Waals surface area contributed by atoms with Gasteiger partial charge in [0, 0.05) is 24.7 Å². The van der Waals surface area contributed by atoms with Gasteiger partial charge in [0.15, 0.2) is 0 Å². The quantitative estimate of drug-likeness (QED) is 0.483. The molecule has 0 radical (unpaired) electrons. The van der Waals surface area contributed by atoms with E-state index in [0.29, 0.717) is 18.0 Å². The molecule has 0 spiro atoms. The number of amides is 1. The maximum Gasteiger partial charge on any atom is 0.316 e. The lowest BCUT2D eigenvalue weighted by molar-refractivity contribution is -0.139. The minimum atomic E-state index is -0.498. The average Bonchev–Trinajstić information content (AvgIpc) is 3.17. The summed E-state index contributed by atoms with van der Waals surface area (Å²) < 4.78 is 10.7. The summed E-state index contributed by atoms with van der Waals surface area (Å²) in [7, 11) is 1.58. The number of carbonyl (C=O) groups is 2. The molecule has 1 heterocycles. The molecule has 1 fully saturated rings. The number of hydrogen-bond acceptors (Lipinski definition) is 4. The van der Waals surface area contributed by atoms with Crippen molar-refractivity contribution in [3.63, 3.8) is 0 Å². The summed E-state index contributed by atoms with van der Waals surface area (Å²) in [5, 5.41) is 0. The van der Waals surface area contributed by atoms with Crippen LogP contribution >= 0.6 is 0 Å². The van der Waals surface area contributed by atoms with Crippen molar-refractivity contribution in [2.24, 2.45) is 5.92 Å². The molecule has 0 bridgehead atoms. The number of hydrogen-bond donors (Lipinski definition) is 0. The van der Waals surface area contributed by atoms with Gasteiger partial charge in [0.1, 0.15) is 11.5 Å². The van der Waals surface area contributed by atoms with Gasteiger partial charge >= 0.3 is 5.97 Å². The maximum absolute atomic E-state index is 12.6. The number of carbonyl (C=O) groups excluding carboxylic acids is 2. The lowest BCUT2D eigenvalue weighted by Crippen LogP contribution is -2.27. The van der Waals surface area contributed by atoms with Gasteiger partial charge in [0.05, 0.1) is 13.0 Å². The second-order valence-electron chi connectivity index (χ2n) is 6.92. The Morgan fingerprint density at radius 2 is 1.62 bits per heavy atom. The first kappa shape index (κ1) is 18.7. The highest BCUT2D eigenvalue weighted by atomic mass is 16.5. The lowest BCUT2D eigenvalue weighted by atomic mass is 10.1. The Hall–Kier alpha value is -3.60. The number of ether oxygens (including phenoxy) is 2. The van der Waals surface area contributed by atoms with Crippen LogP contribution in [0.3, 0.4) is 0 Å². The van der Waals surface area contributed by atoms with Crippen molar-refractivity contribution >= 4 is 17.6 Å². The molecule has 0 aliphatic carbocycles. The maximum atomic E-state index is 12.6. The number of methoxy groups -OCH3 is 1. The molecular weight excluding hydrogens is 366 g/mol. The Balaban J connectivity index is 1.42. The van der Waals surface area contributed by atoms with E-state index in [9.17, 15) is 9.59 Å². The zero-order valence-electron chi connectivity index (χ0n) is 16.1. The third kappa shape index (κ3) is 4.14. The molecule has 3 aromatic rings. The van der Waals surface area contributed by atoms with E-state index in [-0.39, 0.29) is 12.3 Å². The highest BCUT2D eigenvalue weighted by Crippen LogP contribution is 2.29. The van der Waals surface area contributed by atoms with Crippen LogP contribution in [0, 0.1) is 5.92 Å². The number of anilines is 1. The predicted molar refractivity (Wildman–Crippen MR) is 111 cm³/mol. The van der Waals surface area contributed by atoms with Gasteiger partial charge in [-0.2, -0.15) is 0 Å². The topological polar surface area (TPSA) is 55.8 Å². The molecule has 29 heavy (non-hydrogen) atoms. The van der Waals surface area contributed by atoms with Crippen molar-refractivity contribution in [1.82, 2.24) is 0 Å². The molecule has 5 nitrogen and oxygen atoms in total. The minimum absolute atomic E-state index is 0.0976. The predicted octanol–water partition coefficient (Wildman–Crippen LogP) is 4.32. The Morgan fingerprint density at radius 1 is 0.897 bits per heavy atom. The molecule has 1 saturated heterocycles. The van der Waals surface area contributed by atoms with Gasteiger partial charge in [-0.1, -0.05) is 48.5 Å². The first-order valence-electron chi connectivity index (χ1n) is 9.45. The minimum Gasteiger partial charge on any atom is -0.497 e. The highest BCUT2D eigenvalue weighted by Gasteiger charge is 2.36. The van der Waals surface area contributed by atoms with E-state index in [1.165, 1.54) is 0 Å². The summed E-state index contributed by atoms with van der Waals surface area (Å²) in [6, 6.07) is 24.6. The van der Waals surface area contributed by atoms with Crippen molar-refractivity contribution in [1.29, 1.82) is 0 Å². The molecule has 0 aromatic heterocycles. The van der Waals surface area contributed by atoms with E-state index in [4.69, 9.17) is 9.47 Å². The molecule has 3 aromatic carbocycles. The molecule has 1 amide bonds. The monoisotopic (exact) mass is 387 g/mol. The van der Waals surface area contributed by atoms with E-state index in [1.54, 1.807) is 30.2 Å². The zero-order chi connectivity index (χ0) is 20.2. The van der Waals surface area contributed by atoms with Crippen LogP contribution in [0.15, 0.2) is 78.9 Å². The number of rotatable bonds is 5. The number of esters is 1. The van der Waals surface area contributed by atoms with Crippen molar-refractivity contribution in [3.8, 4) is 22.6 Å². The summed E-state index contributed by atoms with van der Waals surface area (Å²) in [6.07, 6.45) is 0.137. The SMILES string of the molecule is COc1cccc(N2C[C@H](C(=O)Oc3ccc(-c4ccccc4)cc3)CC2=O)c1. The van der Waals surface area contributed by atoms with Crippen LogP contribution in [0.4, 0.5) is 5.69 Å². The Kier molecular flexibility index (Phi) is 5.29. The number of nitrogens with zero attached hydrogens (tertiary/aromatic N) is 1. The van der Waals surface area contributed by atoms with Gasteiger partial charge in [-0.05, 0) is 35.4 Å². The van der Waals surface area contributed by atoms with Crippen LogP contribution in [-0.2, 0) is 9.59 Å². The van der Waals surface area contributed by atoms with E-state index in [1.807, 2.05) is 60.7 Å². The van der Waals surface area contributed by atoms with Gasteiger partial charge in [0.2, 0.25) is 5.91 Å². The van der Waals surface area contributed by atoms with Crippen LogP contribution < -0.4 is 14.4 Å². The fraction of sp³-hybridized carbons (Fsp3) is 0.167. The summed E-state index contributed by atoms with van der Waals surface area (Å²) in [6.45, 7) is 0.299. The summed E-state index contributed by atoms with van der Waals surface area (Å²) >= 11 is 0. The largest absolute Gasteiger partial charge is 0.497 e. The molecule has 4 rings (SSSR count). The van der Waals surface area contributed by atoms with E-state index >= 15 is 0 Å². The molecule has 1 atom stereocenters. The van der Waals surface area contributed by atoms with Crippen LogP contribution in [-0.4, -0.2) is 25.5 Å². The molecule has 0 saturated carbocycles. The zero-order valence-corrected chi connectivity index (χ0v) is 16.1. The molecule has 1 aliphatic rings. The average molecular weight is 387 g/mol. The standard InChI is InChI=1S/C24H21NO4/c1-28-22-9-5-8-20(15-22)25-16-19(14-23(25)26)24(27)29-21-12-10-18(11-13-21)17-6-3-2-4-7-17/h2-13,15,19H,14,16H2,1H3/t19-/m1/s1. The summed E-state index contributed by atoms with van der Waals surface area (Å²) in [4.78, 5) is 26.6. The van der Waals surface area contributed by atoms with Gasteiger partial charge < -0.3 is 14.4 Å². The van der Waals surface area contributed by atoms with E-state index < -0.39 is 11.9 Å². The van der Waals surface area contributed by atoms with Gasteiger partial charge in [-0.15, -0.1) is 0 Å². The Labute approximate surface area is 169 Å². The first-order valence-corrected chi connectivity index (χ1v) is 9.45. The van der Waals surface area contributed by atoms with Gasteiger partial charge in [-0.3, -0.25) is 9.59 Å². The third-order valence-electron chi connectivity index (χ3n) is 5.00. The Morgan fingerprint density at radius 3 is 2.34 bits per heavy atom. The lowest BCUT2D eigenvalue weighted by Gasteiger charge is -2.17. The summed E-state index contributed by atoms with van der Waals surface area (Å²) in [5.74, 6) is 0.153. The smallest absolute Gasteiger partial charge is 0.316 e. The van der Waals surface area contributed by atoms with E-state index in [0.717, 1.165) is 16.8 Å². The van der Waals surface area contributed by atoms with Crippen LogP contribution in [0.5, 0.6) is 11.5 Å². The van der Waals surface area contributed by atoms with Crippen molar-refractivity contribution in [3.05, 3.63) is 78.9 Å². The molecule has 0 N–H and O–H groups in total. The van der Waals surface area contributed by atoms with Crippen LogP contribution in [0.25, 0.3) is 11.1 Å². The fourth-order valence-electron chi connectivity index (χ4n) is 3.44. The normalized spacial score (nSPS) is 16.0. The van der Waals surface area contributed by atoms with Crippen molar-refractivity contribution < 1.29 is 19.1 Å². The van der Waals surface area contributed by atoms with Crippen molar-refractivity contribution in [2.75, 3.05) is 18.6 Å². The van der Waals surface area contributed by atoms with Crippen LogP contribution in [0.2, 0.25) is 0 Å². The van der Waals surface area contributed by atoms with Crippen LogP contribution in [0.1, 0.15) is 6.42 Å². The van der Waals surface area contributed by atoms with Gasteiger partial charge in [0.25, 0.3) is 0 Å². The fourth-order valence-corrected chi connectivity index (χ4v) is 3.44.